The molecule has 0 atom stereocenters. The zero-order valence-corrected chi connectivity index (χ0v) is 11.8. The monoisotopic (exact) mass is 245 g/mol. The van der Waals surface area contributed by atoms with Crippen LogP contribution in [0, 0.1) is 11.8 Å². The quantitative estimate of drug-likeness (QED) is 0.871. The van der Waals surface area contributed by atoms with E-state index in [9.17, 15) is 0 Å². The molecule has 0 aromatic carbocycles. The third-order valence-corrected chi connectivity index (χ3v) is 2.95. The van der Waals surface area contributed by atoms with Crippen LogP contribution in [0.15, 0.2) is 24.5 Å². The smallest absolute Gasteiger partial charge is 0.139 e. The molecular formula is C15H23N3. The molecule has 0 radical (unpaired) electrons. The molecule has 0 aliphatic rings. The van der Waals surface area contributed by atoms with Crippen LogP contribution in [0.4, 0.5) is 5.69 Å². The summed E-state index contributed by atoms with van der Waals surface area (Å²) in [6.07, 6.45) is 3.85. The first-order chi connectivity index (χ1) is 8.58. The fourth-order valence-electron chi connectivity index (χ4n) is 2.37. The van der Waals surface area contributed by atoms with E-state index in [0.717, 1.165) is 18.7 Å². The van der Waals surface area contributed by atoms with Crippen LogP contribution in [0.2, 0.25) is 0 Å². The fourth-order valence-corrected chi connectivity index (χ4v) is 2.37. The first-order valence-electron chi connectivity index (χ1n) is 6.75. The highest BCUT2D eigenvalue weighted by atomic mass is 15.1. The molecule has 0 aliphatic heterocycles. The summed E-state index contributed by atoms with van der Waals surface area (Å²) in [5, 5.41) is 1.22. The number of nitrogens with zero attached hydrogens (tertiary/aromatic N) is 2. The number of nitrogens with one attached hydrogen (secondary N) is 1. The van der Waals surface area contributed by atoms with Gasteiger partial charge in [-0.3, -0.25) is 0 Å². The number of fused-ring (bicyclic) bond motifs is 1. The summed E-state index contributed by atoms with van der Waals surface area (Å²) in [6.45, 7) is 11.2. The summed E-state index contributed by atoms with van der Waals surface area (Å²) in [5.74, 6) is 1.32. The van der Waals surface area contributed by atoms with Gasteiger partial charge in [0, 0.05) is 36.6 Å². The largest absolute Gasteiger partial charge is 0.370 e. The van der Waals surface area contributed by atoms with Gasteiger partial charge in [-0.2, -0.15) is 0 Å². The van der Waals surface area contributed by atoms with Gasteiger partial charge in [0.05, 0.1) is 0 Å². The van der Waals surface area contributed by atoms with E-state index in [2.05, 4.69) is 54.7 Å². The number of rotatable bonds is 5. The van der Waals surface area contributed by atoms with E-state index >= 15 is 0 Å². The lowest BCUT2D eigenvalue weighted by atomic mass is 10.1. The van der Waals surface area contributed by atoms with Crippen molar-refractivity contribution in [2.45, 2.75) is 27.7 Å². The molecule has 3 heteroatoms. The maximum absolute atomic E-state index is 4.36. The molecule has 2 heterocycles. The van der Waals surface area contributed by atoms with Crippen molar-refractivity contribution in [1.29, 1.82) is 0 Å². The second kappa shape index (κ2) is 5.42. The molecule has 0 spiro atoms. The second-order valence-electron chi connectivity index (χ2n) is 5.76. The summed E-state index contributed by atoms with van der Waals surface area (Å²) in [7, 11) is 0. The highest BCUT2D eigenvalue weighted by Gasteiger charge is 2.13. The van der Waals surface area contributed by atoms with Crippen LogP contribution in [0.5, 0.6) is 0 Å². The normalized spacial score (nSPS) is 11.7. The Morgan fingerprint density at radius 2 is 1.78 bits per heavy atom. The summed E-state index contributed by atoms with van der Waals surface area (Å²) in [6, 6.07) is 4.24. The SMILES string of the molecule is CC(C)CN(CC(C)C)c1ccnc2[nH]ccc12. The van der Waals surface area contributed by atoms with Crippen LogP contribution < -0.4 is 4.90 Å². The third-order valence-electron chi connectivity index (χ3n) is 2.95. The van der Waals surface area contributed by atoms with Crippen molar-refractivity contribution in [3.05, 3.63) is 24.5 Å². The zero-order chi connectivity index (χ0) is 13.1. The predicted molar refractivity (Wildman–Crippen MR) is 78.0 cm³/mol. The van der Waals surface area contributed by atoms with Gasteiger partial charge in [0.1, 0.15) is 5.65 Å². The first-order valence-corrected chi connectivity index (χ1v) is 6.75. The molecule has 1 N–H and O–H groups in total. The molecule has 2 aromatic heterocycles. The van der Waals surface area contributed by atoms with Gasteiger partial charge in [0.15, 0.2) is 0 Å². The number of H-pyrrole nitrogens is 1. The summed E-state index contributed by atoms with van der Waals surface area (Å²) < 4.78 is 0. The standard InChI is InChI=1S/C15H23N3/c1-11(2)9-18(10-12(3)4)14-6-8-17-15-13(14)5-7-16-15/h5-8,11-12H,9-10H2,1-4H3,(H,16,17). The van der Waals surface area contributed by atoms with E-state index < -0.39 is 0 Å². The Hall–Kier alpha value is -1.51. The molecule has 3 nitrogen and oxygen atoms in total. The average Bonchev–Trinajstić information content (AvgIpc) is 2.74. The number of pyridine rings is 1. The van der Waals surface area contributed by atoms with Gasteiger partial charge in [-0.25, -0.2) is 4.98 Å². The Bertz CT molecular complexity index is 489. The van der Waals surface area contributed by atoms with Crippen molar-refractivity contribution in [3.63, 3.8) is 0 Å². The molecule has 0 amide bonds. The van der Waals surface area contributed by atoms with Gasteiger partial charge in [-0.1, -0.05) is 27.7 Å². The van der Waals surface area contributed by atoms with Crippen LogP contribution in [-0.2, 0) is 0 Å². The van der Waals surface area contributed by atoms with Crippen molar-refractivity contribution in [3.8, 4) is 0 Å². The lowest BCUT2D eigenvalue weighted by Gasteiger charge is -2.29. The van der Waals surface area contributed by atoms with E-state index in [1.807, 2.05) is 12.4 Å². The minimum Gasteiger partial charge on any atom is -0.370 e. The van der Waals surface area contributed by atoms with Gasteiger partial charge in [0.2, 0.25) is 0 Å². The summed E-state index contributed by atoms with van der Waals surface area (Å²) >= 11 is 0. The van der Waals surface area contributed by atoms with Crippen molar-refractivity contribution in [2.75, 3.05) is 18.0 Å². The Kier molecular flexibility index (Phi) is 3.90. The first kappa shape index (κ1) is 12.9. The minimum absolute atomic E-state index is 0.658. The van der Waals surface area contributed by atoms with Gasteiger partial charge in [0.25, 0.3) is 0 Å². The Balaban J connectivity index is 2.36. The van der Waals surface area contributed by atoms with Crippen molar-refractivity contribution in [2.24, 2.45) is 11.8 Å². The van der Waals surface area contributed by atoms with E-state index in [0.29, 0.717) is 11.8 Å². The molecule has 0 bridgehead atoms. The van der Waals surface area contributed by atoms with E-state index in [1.165, 1.54) is 11.1 Å². The van der Waals surface area contributed by atoms with Gasteiger partial charge in [-0.05, 0) is 24.0 Å². The van der Waals surface area contributed by atoms with Crippen molar-refractivity contribution < 1.29 is 0 Å². The number of aromatic nitrogens is 2. The number of anilines is 1. The molecule has 0 unspecified atom stereocenters. The van der Waals surface area contributed by atoms with Crippen LogP contribution >= 0.6 is 0 Å². The molecule has 2 rings (SSSR count). The molecule has 0 saturated carbocycles. The minimum atomic E-state index is 0.658. The van der Waals surface area contributed by atoms with Gasteiger partial charge in [-0.15, -0.1) is 0 Å². The number of hydrogen-bond acceptors (Lipinski definition) is 2. The molecule has 18 heavy (non-hydrogen) atoms. The van der Waals surface area contributed by atoms with Crippen molar-refractivity contribution >= 4 is 16.7 Å². The fraction of sp³-hybridized carbons (Fsp3) is 0.533. The number of aromatic amines is 1. The maximum atomic E-state index is 4.36. The molecule has 2 aromatic rings. The molecular weight excluding hydrogens is 222 g/mol. The van der Waals surface area contributed by atoms with Crippen molar-refractivity contribution in [1.82, 2.24) is 9.97 Å². The van der Waals surface area contributed by atoms with E-state index in [-0.39, 0.29) is 0 Å². The second-order valence-corrected chi connectivity index (χ2v) is 5.76. The van der Waals surface area contributed by atoms with Crippen LogP contribution in [-0.4, -0.2) is 23.1 Å². The highest BCUT2D eigenvalue weighted by molar-refractivity contribution is 5.89. The summed E-state index contributed by atoms with van der Waals surface area (Å²) in [4.78, 5) is 10.0. The Morgan fingerprint density at radius 1 is 1.11 bits per heavy atom. The van der Waals surface area contributed by atoms with Crippen LogP contribution in [0.1, 0.15) is 27.7 Å². The maximum Gasteiger partial charge on any atom is 0.139 e. The molecule has 0 fully saturated rings. The van der Waals surface area contributed by atoms with Gasteiger partial charge >= 0.3 is 0 Å². The highest BCUT2D eigenvalue weighted by Crippen LogP contribution is 2.26. The lowest BCUT2D eigenvalue weighted by Crippen LogP contribution is -2.31. The lowest BCUT2D eigenvalue weighted by molar-refractivity contribution is 0.553. The predicted octanol–water partition coefficient (Wildman–Crippen LogP) is 3.68. The zero-order valence-electron chi connectivity index (χ0n) is 11.8. The number of hydrogen-bond donors (Lipinski definition) is 1. The average molecular weight is 245 g/mol. The molecule has 98 valence electrons. The third kappa shape index (κ3) is 2.84. The van der Waals surface area contributed by atoms with Crippen LogP contribution in [0.25, 0.3) is 11.0 Å². The summed E-state index contributed by atoms with van der Waals surface area (Å²) in [5.41, 5.74) is 2.27. The van der Waals surface area contributed by atoms with Crippen LogP contribution in [0.3, 0.4) is 0 Å². The van der Waals surface area contributed by atoms with E-state index in [4.69, 9.17) is 0 Å². The topological polar surface area (TPSA) is 31.9 Å². The Labute approximate surface area is 109 Å². The molecule has 0 saturated heterocycles. The van der Waals surface area contributed by atoms with Gasteiger partial charge < -0.3 is 9.88 Å². The Morgan fingerprint density at radius 3 is 2.39 bits per heavy atom. The molecule has 0 aliphatic carbocycles. The van der Waals surface area contributed by atoms with E-state index in [1.54, 1.807) is 0 Å².